The zero-order chi connectivity index (χ0) is 15.5. The third-order valence-electron chi connectivity index (χ3n) is 4.58. The fourth-order valence-electron chi connectivity index (χ4n) is 2.90. The van der Waals surface area contributed by atoms with Crippen molar-refractivity contribution in [2.45, 2.75) is 25.8 Å². The molecule has 2 N–H and O–H groups in total. The highest BCUT2D eigenvalue weighted by Gasteiger charge is 2.29. The SMILES string of the molecule is Cc1ccc(C(=O)N2CCC(NC(=O)C3CNC3)CC2)cc1.Cl. The van der Waals surface area contributed by atoms with E-state index < -0.39 is 0 Å². The van der Waals surface area contributed by atoms with Gasteiger partial charge in [0.25, 0.3) is 5.91 Å². The summed E-state index contributed by atoms with van der Waals surface area (Å²) < 4.78 is 0. The standard InChI is InChI=1S/C17H23N3O2.ClH/c1-12-2-4-13(5-3-12)17(22)20-8-6-15(7-9-20)19-16(21)14-10-18-11-14;/h2-5,14-15,18H,6-11H2,1H3,(H,19,21);1H. The summed E-state index contributed by atoms with van der Waals surface area (Å²) in [6.45, 7) is 5.01. The Bertz CT molecular complexity index is 549. The first-order valence-corrected chi connectivity index (χ1v) is 8.00. The lowest BCUT2D eigenvalue weighted by molar-refractivity contribution is -0.127. The Hall–Kier alpha value is -1.59. The van der Waals surface area contributed by atoms with E-state index in [0.717, 1.165) is 37.1 Å². The third kappa shape index (κ3) is 4.24. The molecule has 0 aliphatic carbocycles. The van der Waals surface area contributed by atoms with E-state index in [9.17, 15) is 9.59 Å². The lowest BCUT2D eigenvalue weighted by Crippen LogP contribution is -2.54. The maximum Gasteiger partial charge on any atom is 0.253 e. The van der Waals surface area contributed by atoms with Crippen molar-refractivity contribution in [3.63, 3.8) is 0 Å². The van der Waals surface area contributed by atoms with Crippen molar-refractivity contribution in [1.29, 1.82) is 0 Å². The largest absolute Gasteiger partial charge is 0.353 e. The van der Waals surface area contributed by atoms with E-state index in [1.165, 1.54) is 0 Å². The summed E-state index contributed by atoms with van der Waals surface area (Å²) in [5.41, 5.74) is 1.90. The second-order valence-electron chi connectivity index (χ2n) is 6.30. The van der Waals surface area contributed by atoms with Crippen LogP contribution in [0.2, 0.25) is 0 Å². The van der Waals surface area contributed by atoms with Gasteiger partial charge in [0.15, 0.2) is 0 Å². The van der Waals surface area contributed by atoms with Gasteiger partial charge < -0.3 is 15.5 Å². The normalized spacial score (nSPS) is 18.7. The molecule has 2 amide bonds. The summed E-state index contributed by atoms with van der Waals surface area (Å²) in [5.74, 6) is 0.377. The molecule has 0 aromatic heterocycles. The lowest BCUT2D eigenvalue weighted by atomic mass is 9.99. The van der Waals surface area contributed by atoms with Gasteiger partial charge in [-0.15, -0.1) is 12.4 Å². The smallest absolute Gasteiger partial charge is 0.253 e. The Balaban J connectivity index is 0.00000192. The van der Waals surface area contributed by atoms with E-state index in [1.807, 2.05) is 36.1 Å². The molecule has 126 valence electrons. The molecule has 2 aliphatic rings. The van der Waals surface area contributed by atoms with Gasteiger partial charge in [0.05, 0.1) is 5.92 Å². The number of hydrogen-bond acceptors (Lipinski definition) is 3. The van der Waals surface area contributed by atoms with Gasteiger partial charge in [-0.05, 0) is 31.9 Å². The summed E-state index contributed by atoms with van der Waals surface area (Å²) in [7, 11) is 0. The molecule has 0 atom stereocenters. The minimum absolute atomic E-state index is 0. The van der Waals surface area contributed by atoms with Crippen LogP contribution in [0.25, 0.3) is 0 Å². The Kier molecular flexibility index (Phi) is 6.02. The van der Waals surface area contributed by atoms with Crippen LogP contribution in [0.5, 0.6) is 0 Å². The summed E-state index contributed by atoms with van der Waals surface area (Å²) >= 11 is 0. The number of carbonyl (C=O) groups excluding carboxylic acids is 2. The Morgan fingerprint density at radius 2 is 1.74 bits per heavy atom. The average Bonchev–Trinajstić information content (AvgIpc) is 2.46. The topological polar surface area (TPSA) is 61.4 Å². The van der Waals surface area contributed by atoms with E-state index in [2.05, 4.69) is 10.6 Å². The number of aryl methyl sites for hydroxylation is 1. The quantitative estimate of drug-likeness (QED) is 0.875. The molecule has 5 nitrogen and oxygen atoms in total. The van der Waals surface area contributed by atoms with Crippen molar-refractivity contribution in [2.24, 2.45) is 5.92 Å². The Labute approximate surface area is 143 Å². The molecule has 0 radical (unpaired) electrons. The van der Waals surface area contributed by atoms with Gasteiger partial charge in [-0.2, -0.15) is 0 Å². The van der Waals surface area contributed by atoms with Crippen molar-refractivity contribution in [3.8, 4) is 0 Å². The number of piperidine rings is 1. The minimum atomic E-state index is 0. The molecule has 0 saturated carbocycles. The zero-order valence-corrected chi connectivity index (χ0v) is 14.2. The van der Waals surface area contributed by atoms with Crippen LogP contribution in [0.3, 0.4) is 0 Å². The molecule has 1 aromatic carbocycles. The number of hydrogen-bond donors (Lipinski definition) is 2. The van der Waals surface area contributed by atoms with Crippen LogP contribution >= 0.6 is 12.4 Å². The molecule has 0 unspecified atom stereocenters. The second kappa shape index (κ2) is 7.79. The van der Waals surface area contributed by atoms with Crippen LogP contribution in [-0.2, 0) is 4.79 Å². The highest BCUT2D eigenvalue weighted by molar-refractivity contribution is 5.94. The van der Waals surface area contributed by atoms with Gasteiger partial charge in [0.2, 0.25) is 5.91 Å². The average molecular weight is 338 g/mol. The number of carbonyl (C=O) groups is 2. The van der Waals surface area contributed by atoms with Crippen molar-refractivity contribution in [2.75, 3.05) is 26.2 Å². The molecule has 0 spiro atoms. The molecule has 6 heteroatoms. The van der Waals surface area contributed by atoms with Crippen LogP contribution in [0, 0.1) is 12.8 Å². The molecule has 23 heavy (non-hydrogen) atoms. The van der Waals surface area contributed by atoms with Gasteiger partial charge in [-0.25, -0.2) is 0 Å². The summed E-state index contributed by atoms with van der Waals surface area (Å²) in [5, 5.41) is 6.22. The number of nitrogens with zero attached hydrogens (tertiary/aromatic N) is 1. The molecule has 2 heterocycles. The fraction of sp³-hybridized carbons (Fsp3) is 0.529. The fourth-order valence-corrected chi connectivity index (χ4v) is 2.90. The minimum Gasteiger partial charge on any atom is -0.353 e. The first-order valence-electron chi connectivity index (χ1n) is 8.00. The maximum atomic E-state index is 12.4. The van der Waals surface area contributed by atoms with Crippen LogP contribution in [0.1, 0.15) is 28.8 Å². The first kappa shape index (κ1) is 17.8. The monoisotopic (exact) mass is 337 g/mol. The lowest BCUT2D eigenvalue weighted by Gasteiger charge is -2.34. The second-order valence-corrected chi connectivity index (χ2v) is 6.30. The van der Waals surface area contributed by atoms with Gasteiger partial charge in [-0.3, -0.25) is 9.59 Å². The molecular formula is C17H24ClN3O2. The van der Waals surface area contributed by atoms with E-state index in [1.54, 1.807) is 0 Å². The van der Waals surface area contributed by atoms with E-state index in [4.69, 9.17) is 0 Å². The van der Waals surface area contributed by atoms with Crippen molar-refractivity contribution >= 4 is 24.2 Å². The van der Waals surface area contributed by atoms with Crippen LogP contribution in [0.4, 0.5) is 0 Å². The highest BCUT2D eigenvalue weighted by atomic mass is 35.5. The number of nitrogens with one attached hydrogen (secondary N) is 2. The molecular weight excluding hydrogens is 314 g/mol. The van der Waals surface area contributed by atoms with Crippen LogP contribution in [-0.4, -0.2) is 48.9 Å². The van der Waals surface area contributed by atoms with Gasteiger partial charge in [0.1, 0.15) is 0 Å². The van der Waals surface area contributed by atoms with Gasteiger partial charge in [-0.1, -0.05) is 17.7 Å². The third-order valence-corrected chi connectivity index (χ3v) is 4.58. The van der Waals surface area contributed by atoms with Crippen molar-refractivity contribution in [1.82, 2.24) is 15.5 Å². The number of amides is 2. The van der Waals surface area contributed by atoms with Crippen molar-refractivity contribution < 1.29 is 9.59 Å². The molecule has 1 aromatic rings. The zero-order valence-electron chi connectivity index (χ0n) is 13.4. The number of rotatable bonds is 3. The number of halogens is 1. The van der Waals surface area contributed by atoms with Gasteiger partial charge >= 0.3 is 0 Å². The number of benzene rings is 1. The van der Waals surface area contributed by atoms with Crippen LogP contribution in [0.15, 0.2) is 24.3 Å². The molecule has 2 fully saturated rings. The molecule has 0 bridgehead atoms. The van der Waals surface area contributed by atoms with Crippen molar-refractivity contribution in [3.05, 3.63) is 35.4 Å². The Morgan fingerprint density at radius 3 is 2.26 bits per heavy atom. The van der Waals surface area contributed by atoms with E-state index in [-0.39, 0.29) is 36.2 Å². The van der Waals surface area contributed by atoms with E-state index in [0.29, 0.717) is 13.1 Å². The Morgan fingerprint density at radius 1 is 1.13 bits per heavy atom. The van der Waals surface area contributed by atoms with Gasteiger partial charge in [0, 0.05) is 37.8 Å². The maximum absolute atomic E-state index is 12.4. The highest BCUT2D eigenvalue weighted by Crippen LogP contribution is 2.15. The molecule has 2 aliphatic heterocycles. The first-order chi connectivity index (χ1) is 10.6. The van der Waals surface area contributed by atoms with Crippen LogP contribution < -0.4 is 10.6 Å². The molecule has 2 saturated heterocycles. The predicted molar refractivity (Wildman–Crippen MR) is 91.9 cm³/mol. The molecule has 3 rings (SSSR count). The van der Waals surface area contributed by atoms with E-state index >= 15 is 0 Å². The number of likely N-dealkylation sites (tertiary alicyclic amines) is 1. The summed E-state index contributed by atoms with van der Waals surface area (Å²) in [6, 6.07) is 7.90. The predicted octanol–water partition coefficient (Wildman–Crippen LogP) is 1.36. The summed E-state index contributed by atoms with van der Waals surface area (Å²) in [4.78, 5) is 26.3. The summed E-state index contributed by atoms with van der Waals surface area (Å²) in [6.07, 6.45) is 1.67.